The number of likely N-dealkylation sites (tertiary alicyclic amines) is 1. The Kier molecular flexibility index (Phi) is 4.15. The number of aromatic nitrogens is 2. The molecule has 0 aromatic carbocycles. The van der Waals surface area contributed by atoms with Crippen LogP contribution in [0.25, 0.3) is 0 Å². The van der Waals surface area contributed by atoms with E-state index in [1.54, 1.807) is 0 Å². The SMILES string of the molecule is CN1CCC(c2cnc(CC3CNCCO3)[nH]2)CC1. The summed E-state index contributed by atoms with van der Waals surface area (Å²) in [5.74, 6) is 1.73. The Morgan fingerprint density at radius 1 is 1.42 bits per heavy atom. The minimum absolute atomic E-state index is 0.269. The van der Waals surface area contributed by atoms with Gasteiger partial charge in [0.05, 0.1) is 12.7 Å². The predicted octanol–water partition coefficient (Wildman–Crippen LogP) is 0.750. The zero-order valence-electron chi connectivity index (χ0n) is 11.7. The maximum atomic E-state index is 5.72. The minimum atomic E-state index is 0.269. The average Bonchev–Trinajstić information content (AvgIpc) is 2.89. The molecule has 0 aliphatic carbocycles. The Bertz CT molecular complexity index is 392. The maximum Gasteiger partial charge on any atom is 0.108 e. The second kappa shape index (κ2) is 6.03. The zero-order valence-corrected chi connectivity index (χ0v) is 11.7. The van der Waals surface area contributed by atoms with Crippen molar-refractivity contribution in [3.05, 3.63) is 17.7 Å². The molecule has 1 aromatic rings. The molecule has 0 saturated carbocycles. The van der Waals surface area contributed by atoms with Gasteiger partial charge in [-0.1, -0.05) is 0 Å². The van der Waals surface area contributed by atoms with Gasteiger partial charge in [0.15, 0.2) is 0 Å². The molecule has 106 valence electrons. The van der Waals surface area contributed by atoms with E-state index in [1.807, 2.05) is 6.20 Å². The van der Waals surface area contributed by atoms with Crippen molar-refractivity contribution in [2.75, 3.05) is 39.8 Å². The molecular formula is C14H24N4O. The molecule has 2 fully saturated rings. The smallest absolute Gasteiger partial charge is 0.108 e. The van der Waals surface area contributed by atoms with E-state index in [4.69, 9.17) is 4.74 Å². The highest BCUT2D eigenvalue weighted by molar-refractivity contribution is 5.09. The average molecular weight is 264 g/mol. The second-order valence-corrected chi connectivity index (χ2v) is 5.76. The van der Waals surface area contributed by atoms with Gasteiger partial charge < -0.3 is 19.9 Å². The molecule has 1 aromatic heterocycles. The Morgan fingerprint density at radius 2 is 2.26 bits per heavy atom. The molecule has 5 heteroatoms. The first kappa shape index (κ1) is 13.1. The van der Waals surface area contributed by atoms with Crippen molar-refractivity contribution in [3.63, 3.8) is 0 Å². The predicted molar refractivity (Wildman–Crippen MR) is 74.4 cm³/mol. The van der Waals surface area contributed by atoms with Gasteiger partial charge in [0.25, 0.3) is 0 Å². The van der Waals surface area contributed by atoms with E-state index in [2.05, 4.69) is 27.2 Å². The van der Waals surface area contributed by atoms with Crippen LogP contribution in [0.3, 0.4) is 0 Å². The van der Waals surface area contributed by atoms with Crippen molar-refractivity contribution in [2.24, 2.45) is 0 Å². The lowest BCUT2D eigenvalue weighted by molar-refractivity contribution is 0.0281. The molecule has 19 heavy (non-hydrogen) atoms. The number of aromatic amines is 1. The zero-order chi connectivity index (χ0) is 13.1. The number of morpholine rings is 1. The van der Waals surface area contributed by atoms with Crippen molar-refractivity contribution in [2.45, 2.75) is 31.3 Å². The number of piperidine rings is 1. The number of hydrogen-bond acceptors (Lipinski definition) is 4. The number of ether oxygens (including phenoxy) is 1. The van der Waals surface area contributed by atoms with Gasteiger partial charge in [-0.3, -0.25) is 0 Å². The van der Waals surface area contributed by atoms with Gasteiger partial charge in [-0.15, -0.1) is 0 Å². The van der Waals surface area contributed by atoms with Gasteiger partial charge >= 0.3 is 0 Å². The van der Waals surface area contributed by atoms with E-state index in [0.29, 0.717) is 5.92 Å². The lowest BCUT2D eigenvalue weighted by Crippen LogP contribution is -2.39. The van der Waals surface area contributed by atoms with Crippen LogP contribution in [0.4, 0.5) is 0 Å². The number of nitrogens with zero attached hydrogens (tertiary/aromatic N) is 2. The fourth-order valence-corrected chi connectivity index (χ4v) is 2.98. The number of imidazole rings is 1. The van der Waals surface area contributed by atoms with Gasteiger partial charge in [-0.05, 0) is 33.0 Å². The van der Waals surface area contributed by atoms with E-state index >= 15 is 0 Å². The van der Waals surface area contributed by atoms with Crippen molar-refractivity contribution < 1.29 is 4.74 Å². The Morgan fingerprint density at radius 3 is 3.00 bits per heavy atom. The lowest BCUT2D eigenvalue weighted by Gasteiger charge is -2.28. The highest BCUT2D eigenvalue weighted by atomic mass is 16.5. The van der Waals surface area contributed by atoms with E-state index in [1.165, 1.54) is 31.6 Å². The molecule has 0 bridgehead atoms. The molecule has 1 atom stereocenters. The number of H-pyrrole nitrogens is 1. The second-order valence-electron chi connectivity index (χ2n) is 5.76. The molecule has 5 nitrogen and oxygen atoms in total. The molecule has 1 unspecified atom stereocenters. The molecule has 3 rings (SSSR count). The normalized spacial score (nSPS) is 26.7. The summed E-state index contributed by atoms with van der Waals surface area (Å²) in [6, 6.07) is 0. The first-order chi connectivity index (χ1) is 9.31. The monoisotopic (exact) mass is 264 g/mol. The number of hydrogen-bond donors (Lipinski definition) is 2. The largest absolute Gasteiger partial charge is 0.375 e. The maximum absolute atomic E-state index is 5.72. The summed E-state index contributed by atoms with van der Waals surface area (Å²) in [7, 11) is 2.20. The van der Waals surface area contributed by atoms with E-state index in [-0.39, 0.29) is 6.10 Å². The van der Waals surface area contributed by atoms with Crippen LogP contribution in [0.1, 0.15) is 30.3 Å². The van der Waals surface area contributed by atoms with Crippen molar-refractivity contribution in [3.8, 4) is 0 Å². The van der Waals surface area contributed by atoms with Gasteiger partial charge in [0, 0.05) is 37.3 Å². The standard InChI is InChI=1S/C14H24N4O/c1-18-5-2-11(3-6-18)13-10-16-14(17-13)8-12-9-15-4-7-19-12/h10-12,15H,2-9H2,1H3,(H,16,17). The first-order valence-electron chi connectivity index (χ1n) is 7.36. The Labute approximate surface area is 114 Å². The molecule has 3 heterocycles. The van der Waals surface area contributed by atoms with Crippen LogP contribution in [0, 0.1) is 0 Å². The summed E-state index contributed by atoms with van der Waals surface area (Å²) < 4.78 is 5.72. The topological polar surface area (TPSA) is 53.2 Å². The molecular weight excluding hydrogens is 240 g/mol. The summed E-state index contributed by atoms with van der Waals surface area (Å²) in [4.78, 5) is 10.4. The molecule has 0 spiro atoms. The summed E-state index contributed by atoms with van der Waals surface area (Å²) in [6.45, 7) is 5.09. The molecule has 2 N–H and O–H groups in total. The van der Waals surface area contributed by atoms with Crippen LogP contribution in [-0.2, 0) is 11.2 Å². The molecule has 0 amide bonds. The van der Waals surface area contributed by atoms with E-state index in [9.17, 15) is 0 Å². The third kappa shape index (κ3) is 3.35. The van der Waals surface area contributed by atoms with Crippen molar-refractivity contribution >= 4 is 0 Å². The minimum Gasteiger partial charge on any atom is -0.375 e. The Balaban J connectivity index is 1.56. The molecule has 2 saturated heterocycles. The highest BCUT2D eigenvalue weighted by Gasteiger charge is 2.21. The van der Waals surface area contributed by atoms with Crippen LogP contribution >= 0.6 is 0 Å². The van der Waals surface area contributed by atoms with Gasteiger partial charge in [-0.2, -0.15) is 0 Å². The van der Waals surface area contributed by atoms with Gasteiger partial charge in [0.2, 0.25) is 0 Å². The van der Waals surface area contributed by atoms with Crippen LogP contribution in [-0.4, -0.2) is 60.8 Å². The van der Waals surface area contributed by atoms with E-state index < -0.39 is 0 Å². The van der Waals surface area contributed by atoms with Crippen LogP contribution in [0.15, 0.2) is 6.20 Å². The summed E-state index contributed by atoms with van der Waals surface area (Å²) in [6.07, 6.45) is 5.66. The van der Waals surface area contributed by atoms with Crippen LogP contribution in [0.2, 0.25) is 0 Å². The van der Waals surface area contributed by atoms with Gasteiger partial charge in [-0.25, -0.2) is 4.98 Å². The van der Waals surface area contributed by atoms with Crippen LogP contribution in [0.5, 0.6) is 0 Å². The van der Waals surface area contributed by atoms with E-state index in [0.717, 1.165) is 31.9 Å². The molecule has 2 aliphatic rings. The summed E-state index contributed by atoms with van der Waals surface area (Å²) in [5.41, 5.74) is 1.31. The third-order valence-corrected chi connectivity index (χ3v) is 4.23. The highest BCUT2D eigenvalue weighted by Crippen LogP contribution is 2.26. The van der Waals surface area contributed by atoms with Crippen LogP contribution < -0.4 is 5.32 Å². The molecule has 2 aliphatic heterocycles. The third-order valence-electron chi connectivity index (χ3n) is 4.23. The fourth-order valence-electron chi connectivity index (χ4n) is 2.98. The summed E-state index contributed by atoms with van der Waals surface area (Å²) in [5, 5.41) is 3.36. The van der Waals surface area contributed by atoms with Crippen molar-refractivity contribution in [1.29, 1.82) is 0 Å². The quantitative estimate of drug-likeness (QED) is 0.846. The number of nitrogens with one attached hydrogen (secondary N) is 2. The van der Waals surface area contributed by atoms with Crippen molar-refractivity contribution in [1.82, 2.24) is 20.2 Å². The van der Waals surface area contributed by atoms with Gasteiger partial charge in [0.1, 0.15) is 5.82 Å². The summed E-state index contributed by atoms with van der Waals surface area (Å²) >= 11 is 0. The number of rotatable bonds is 3. The molecule has 0 radical (unpaired) electrons. The fraction of sp³-hybridized carbons (Fsp3) is 0.786. The Hall–Kier alpha value is -0.910. The lowest BCUT2D eigenvalue weighted by atomic mass is 9.94. The first-order valence-corrected chi connectivity index (χ1v) is 7.36.